The van der Waals surface area contributed by atoms with Gasteiger partial charge in [-0.05, 0) is 29.8 Å². The summed E-state index contributed by atoms with van der Waals surface area (Å²) < 4.78 is 36.6. The maximum Gasteiger partial charge on any atom is 0.165 e. The first-order chi connectivity index (χ1) is 9.63. The monoisotopic (exact) mass is 275 g/mol. The first-order valence-electron chi connectivity index (χ1n) is 5.79. The van der Waals surface area contributed by atoms with Crippen molar-refractivity contribution in [1.82, 2.24) is 0 Å². The van der Waals surface area contributed by atoms with Crippen molar-refractivity contribution in [2.75, 3.05) is 7.11 Å². The second-order valence-electron chi connectivity index (χ2n) is 4.01. The zero-order chi connectivity index (χ0) is 14.5. The Labute approximate surface area is 115 Å². The standard InChI is InChI=1S/C15H11F2NO2/c1-19-14-5-2-10(6-11(14)8-18)9-20-15-7-12(16)3-4-13(15)17/h2-7H,9H2,1H3. The number of ether oxygens (including phenoxy) is 2. The van der Waals surface area contributed by atoms with Crippen molar-refractivity contribution in [1.29, 1.82) is 5.26 Å². The van der Waals surface area contributed by atoms with Crippen molar-refractivity contribution in [3.05, 3.63) is 59.2 Å². The van der Waals surface area contributed by atoms with Crippen LogP contribution in [0.2, 0.25) is 0 Å². The van der Waals surface area contributed by atoms with Gasteiger partial charge in [-0.15, -0.1) is 0 Å². The van der Waals surface area contributed by atoms with Crippen molar-refractivity contribution < 1.29 is 18.3 Å². The molecule has 0 spiro atoms. The Morgan fingerprint density at radius 3 is 2.60 bits per heavy atom. The van der Waals surface area contributed by atoms with Gasteiger partial charge in [-0.3, -0.25) is 0 Å². The van der Waals surface area contributed by atoms with Gasteiger partial charge in [0.1, 0.15) is 24.2 Å². The quantitative estimate of drug-likeness (QED) is 0.858. The molecule has 0 N–H and O–H groups in total. The molecule has 0 heterocycles. The molecular formula is C15H11F2NO2. The van der Waals surface area contributed by atoms with E-state index < -0.39 is 11.6 Å². The number of hydrogen-bond donors (Lipinski definition) is 0. The van der Waals surface area contributed by atoms with Gasteiger partial charge in [0.2, 0.25) is 0 Å². The van der Waals surface area contributed by atoms with Crippen molar-refractivity contribution >= 4 is 0 Å². The summed E-state index contributed by atoms with van der Waals surface area (Å²) in [7, 11) is 1.47. The highest BCUT2D eigenvalue weighted by Crippen LogP contribution is 2.22. The number of hydrogen-bond acceptors (Lipinski definition) is 3. The number of halogens is 2. The third-order valence-electron chi connectivity index (χ3n) is 2.67. The SMILES string of the molecule is COc1ccc(COc2cc(F)ccc2F)cc1C#N. The van der Waals surface area contributed by atoms with E-state index in [9.17, 15) is 8.78 Å². The largest absolute Gasteiger partial charge is 0.495 e. The van der Waals surface area contributed by atoms with Crippen molar-refractivity contribution in [2.24, 2.45) is 0 Å². The lowest BCUT2D eigenvalue weighted by atomic mass is 10.1. The summed E-state index contributed by atoms with van der Waals surface area (Å²) in [5.74, 6) is -0.929. The molecule has 0 amide bonds. The van der Waals surface area contributed by atoms with Crippen LogP contribution < -0.4 is 9.47 Å². The molecule has 0 aliphatic heterocycles. The molecule has 0 aliphatic rings. The summed E-state index contributed by atoms with van der Waals surface area (Å²) >= 11 is 0. The molecule has 2 rings (SSSR count). The van der Waals surface area contributed by atoms with Gasteiger partial charge >= 0.3 is 0 Å². The van der Waals surface area contributed by atoms with Crippen LogP contribution in [-0.4, -0.2) is 7.11 Å². The Hall–Kier alpha value is -2.61. The molecule has 0 saturated carbocycles. The summed E-state index contributed by atoms with van der Waals surface area (Å²) in [4.78, 5) is 0. The average Bonchev–Trinajstić information content (AvgIpc) is 2.47. The van der Waals surface area contributed by atoms with E-state index >= 15 is 0 Å². The molecule has 0 unspecified atom stereocenters. The fourth-order valence-electron chi connectivity index (χ4n) is 1.68. The van der Waals surface area contributed by atoms with Crippen molar-refractivity contribution in [3.63, 3.8) is 0 Å². The molecule has 0 aliphatic carbocycles. The molecule has 0 fully saturated rings. The predicted octanol–water partition coefficient (Wildman–Crippen LogP) is 3.42. The van der Waals surface area contributed by atoms with Gasteiger partial charge in [0.25, 0.3) is 0 Å². The van der Waals surface area contributed by atoms with Crippen LogP contribution in [0.5, 0.6) is 11.5 Å². The Kier molecular flexibility index (Phi) is 4.16. The second-order valence-corrected chi connectivity index (χ2v) is 4.01. The van der Waals surface area contributed by atoms with E-state index in [-0.39, 0.29) is 12.4 Å². The second kappa shape index (κ2) is 6.02. The minimum Gasteiger partial charge on any atom is -0.495 e. The van der Waals surface area contributed by atoms with Gasteiger partial charge in [0.05, 0.1) is 12.7 Å². The first-order valence-corrected chi connectivity index (χ1v) is 5.79. The highest BCUT2D eigenvalue weighted by Gasteiger charge is 2.07. The molecule has 0 radical (unpaired) electrons. The molecule has 0 bridgehead atoms. The maximum absolute atomic E-state index is 13.4. The molecule has 0 saturated heterocycles. The molecule has 0 atom stereocenters. The number of methoxy groups -OCH3 is 1. The Balaban J connectivity index is 2.15. The van der Waals surface area contributed by atoms with Gasteiger partial charge in [-0.1, -0.05) is 6.07 Å². The number of benzene rings is 2. The maximum atomic E-state index is 13.4. The fraction of sp³-hybridized carbons (Fsp3) is 0.133. The molecule has 5 heteroatoms. The highest BCUT2D eigenvalue weighted by molar-refractivity contribution is 5.45. The summed E-state index contributed by atoms with van der Waals surface area (Å²) in [6.45, 7) is 0.0268. The summed E-state index contributed by atoms with van der Waals surface area (Å²) in [6.07, 6.45) is 0. The highest BCUT2D eigenvalue weighted by atomic mass is 19.1. The topological polar surface area (TPSA) is 42.2 Å². The van der Waals surface area contributed by atoms with E-state index in [1.807, 2.05) is 6.07 Å². The van der Waals surface area contributed by atoms with Gasteiger partial charge < -0.3 is 9.47 Å². The zero-order valence-corrected chi connectivity index (χ0v) is 10.7. The normalized spacial score (nSPS) is 9.90. The predicted molar refractivity (Wildman–Crippen MR) is 68.4 cm³/mol. The van der Waals surface area contributed by atoms with Crippen LogP contribution in [0.1, 0.15) is 11.1 Å². The van der Waals surface area contributed by atoms with Gasteiger partial charge in [-0.25, -0.2) is 8.78 Å². The Morgan fingerprint density at radius 2 is 1.90 bits per heavy atom. The lowest BCUT2D eigenvalue weighted by Gasteiger charge is -2.09. The van der Waals surface area contributed by atoms with E-state index in [4.69, 9.17) is 14.7 Å². The third-order valence-corrected chi connectivity index (χ3v) is 2.67. The van der Waals surface area contributed by atoms with Crippen LogP contribution in [0.15, 0.2) is 36.4 Å². The number of nitriles is 1. The fourth-order valence-corrected chi connectivity index (χ4v) is 1.68. The minimum atomic E-state index is -0.639. The van der Waals surface area contributed by atoms with Gasteiger partial charge in [0.15, 0.2) is 11.6 Å². The molecule has 3 nitrogen and oxygen atoms in total. The molecule has 20 heavy (non-hydrogen) atoms. The van der Waals surface area contributed by atoms with Crippen LogP contribution in [0.25, 0.3) is 0 Å². The van der Waals surface area contributed by atoms with Crippen molar-refractivity contribution in [2.45, 2.75) is 6.61 Å². The Bertz CT molecular complexity index is 665. The smallest absolute Gasteiger partial charge is 0.165 e. The van der Waals surface area contributed by atoms with Crippen LogP contribution in [-0.2, 0) is 6.61 Å². The third kappa shape index (κ3) is 3.04. The van der Waals surface area contributed by atoms with E-state index in [2.05, 4.69) is 0 Å². The van der Waals surface area contributed by atoms with Crippen LogP contribution in [0, 0.1) is 23.0 Å². The average molecular weight is 275 g/mol. The van der Waals surface area contributed by atoms with E-state index in [0.29, 0.717) is 16.9 Å². The molecule has 2 aromatic carbocycles. The van der Waals surface area contributed by atoms with E-state index in [1.165, 1.54) is 7.11 Å². The van der Waals surface area contributed by atoms with Crippen molar-refractivity contribution in [3.8, 4) is 17.6 Å². The molecule has 0 aromatic heterocycles. The number of rotatable bonds is 4. The van der Waals surface area contributed by atoms with Gasteiger partial charge in [0, 0.05) is 6.07 Å². The Morgan fingerprint density at radius 1 is 1.10 bits per heavy atom. The van der Waals surface area contributed by atoms with Gasteiger partial charge in [-0.2, -0.15) is 5.26 Å². The molecule has 2 aromatic rings. The first kappa shape index (κ1) is 13.8. The van der Waals surface area contributed by atoms with Crippen LogP contribution >= 0.6 is 0 Å². The minimum absolute atomic E-state index is 0.0268. The molecular weight excluding hydrogens is 264 g/mol. The lowest BCUT2D eigenvalue weighted by molar-refractivity contribution is 0.288. The number of nitrogens with zero attached hydrogens (tertiary/aromatic N) is 1. The van der Waals surface area contributed by atoms with Crippen LogP contribution in [0.4, 0.5) is 8.78 Å². The van der Waals surface area contributed by atoms with E-state index in [0.717, 1.165) is 18.2 Å². The zero-order valence-electron chi connectivity index (χ0n) is 10.7. The summed E-state index contributed by atoms with van der Waals surface area (Å²) in [5, 5.41) is 8.96. The molecule has 102 valence electrons. The summed E-state index contributed by atoms with van der Waals surface area (Å²) in [5.41, 5.74) is 1.01. The van der Waals surface area contributed by atoms with Crippen LogP contribution in [0.3, 0.4) is 0 Å². The van der Waals surface area contributed by atoms with E-state index in [1.54, 1.807) is 18.2 Å². The summed E-state index contributed by atoms with van der Waals surface area (Å²) in [6, 6.07) is 9.88. The lowest BCUT2D eigenvalue weighted by Crippen LogP contribution is -1.99.